The predicted molar refractivity (Wildman–Crippen MR) is 89.2 cm³/mol. The van der Waals surface area contributed by atoms with Crippen molar-refractivity contribution in [3.63, 3.8) is 0 Å². The molecular formula is C17H17N5O2. The fourth-order valence-corrected chi connectivity index (χ4v) is 2.52. The van der Waals surface area contributed by atoms with Crippen LogP contribution in [0, 0.1) is 13.8 Å². The molecule has 0 bridgehead atoms. The normalized spacial score (nSPS) is 10.6. The molecule has 0 aliphatic heterocycles. The van der Waals surface area contributed by atoms with Gasteiger partial charge in [0.05, 0.1) is 16.9 Å². The number of carbonyl (C=O) groups excluding carboxylic acids is 2. The molecule has 3 aromatic rings. The average Bonchev–Trinajstić information content (AvgIpc) is 3.17. The Hall–Kier alpha value is -3.22. The number of nitrogens with zero attached hydrogens (tertiary/aromatic N) is 4. The molecule has 0 saturated carbocycles. The van der Waals surface area contributed by atoms with E-state index >= 15 is 0 Å². The van der Waals surface area contributed by atoms with E-state index in [9.17, 15) is 9.59 Å². The third-order valence-electron chi connectivity index (χ3n) is 3.84. The van der Waals surface area contributed by atoms with Gasteiger partial charge in [-0.15, -0.1) is 0 Å². The van der Waals surface area contributed by atoms with Gasteiger partial charge in [0.25, 0.3) is 11.7 Å². The lowest BCUT2D eigenvalue weighted by molar-refractivity contribution is -0.112. The van der Waals surface area contributed by atoms with Crippen LogP contribution in [-0.2, 0) is 11.8 Å². The van der Waals surface area contributed by atoms with Crippen LogP contribution in [0.1, 0.15) is 21.7 Å². The van der Waals surface area contributed by atoms with Crippen molar-refractivity contribution in [3.05, 3.63) is 59.7 Å². The van der Waals surface area contributed by atoms with E-state index < -0.39 is 11.7 Å². The van der Waals surface area contributed by atoms with E-state index in [1.54, 1.807) is 48.6 Å². The maximum absolute atomic E-state index is 12.4. The summed E-state index contributed by atoms with van der Waals surface area (Å²) >= 11 is 0. The maximum Gasteiger partial charge on any atom is 0.296 e. The van der Waals surface area contributed by atoms with Crippen molar-refractivity contribution in [2.24, 2.45) is 7.05 Å². The standard InChI is InChI=1S/C17H17N5O2/c1-11-15(12(2)21(3)20-11)16(23)17(24)19-13-5-7-14(8-6-13)22-10-4-9-18-22/h4-10H,1-3H3,(H,19,24). The summed E-state index contributed by atoms with van der Waals surface area (Å²) in [4.78, 5) is 24.6. The summed E-state index contributed by atoms with van der Waals surface area (Å²) in [5.41, 5.74) is 2.97. The first kappa shape index (κ1) is 15.7. The second kappa shape index (κ2) is 6.11. The fraction of sp³-hybridized carbons (Fsp3) is 0.176. The lowest BCUT2D eigenvalue weighted by Gasteiger charge is -2.06. The highest BCUT2D eigenvalue weighted by Gasteiger charge is 2.23. The van der Waals surface area contributed by atoms with Crippen molar-refractivity contribution in [3.8, 4) is 5.69 Å². The van der Waals surface area contributed by atoms with Gasteiger partial charge >= 0.3 is 0 Å². The van der Waals surface area contributed by atoms with Gasteiger partial charge in [-0.2, -0.15) is 10.2 Å². The molecule has 0 aliphatic rings. The first-order valence-electron chi connectivity index (χ1n) is 7.43. The van der Waals surface area contributed by atoms with Gasteiger partial charge in [-0.25, -0.2) is 4.68 Å². The van der Waals surface area contributed by atoms with Crippen LogP contribution in [0.2, 0.25) is 0 Å². The summed E-state index contributed by atoms with van der Waals surface area (Å²) in [6.07, 6.45) is 3.51. The van der Waals surface area contributed by atoms with Crippen molar-refractivity contribution in [2.45, 2.75) is 13.8 Å². The molecule has 122 valence electrons. The highest BCUT2D eigenvalue weighted by Crippen LogP contribution is 2.16. The van der Waals surface area contributed by atoms with E-state index in [1.807, 2.05) is 24.4 Å². The molecule has 0 saturated heterocycles. The van der Waals surface area contributed by atoms with E-state index in [0.29, 0.717) is 22.6 Å². The molecule has 7 heteroatoms. The van der Waals surface area contributed by atoms with Gasteiger partial charge in [0.2, 0.25) is 0 Å². The van der Waals surface area contributed by atoms with Crippen molar-refractivity contribution < 1.29 is 9.59 Å². The predicted octanol–water partition coefficient (Wildman–Crippen LogP) is 2.04. The van der Waals surface area contributed by atoms with E-state index in [4.69, 9.17) is 0 Å². The Bertz CT molecular complexity index is 892. The number of aryl methyl sites for hydroxylation is 2. The molecule has 0 atom stereocenters. The highest BCUT2D eigenvalue weighted by molar-refractivity contribution is 6.47. The fourth-order valence-electron chi connectivity index (χ4n) is 2.52. The van der Waals surface area contributed by atoms with Gasteiger partial charge in [-0.1, -0.05) is 0 Å². The zero-order chi connectivity index (χ0) is 17.3. The molecule has 2 aromatic heterocycles. The molecule has 1 aromatic carbocycles. The molecule has 1 amide bonds. The number of anilines is 1. The van der Waals surface area contributed by atoms with Gasteiger partial charge in [-0.05, 0) is 44.2 Å². The summed E-state index contributed by atoms with van der Waals surface area (Å²) in [5.74, 6) is -1.27. The quantitative estimate of drug-likeness (QED) is 0.588. The van der Waals surface area contributed by atoms with Crippen LogP contribution in [0.4, 0.5) is 5.69 Å². The number of benzene rings is 1. The lowest BCUT2D eigenvalue weighted by Crippen LogP contribution is -2.24. The number of ketones is 1. The van der Waals surface area contributed by atoms with E-state index in [1.165, 1.54) is 0 Å². The second-order valence-corrected chi connectivity index (χ2v) is 5.45. The Morgan fingerprint density at radius 3 is 2.38 bits per heavy atom. The maximum atomic E-state index is 12.4. The number of aromatic nitrogens is 4. The monoisotopic (exact) mass is 323 g/mol. The van der Waals surface area contributed by atoms with Crippen LogP contribution in [0.25, 0.3) is 5.69 Å². The van der Waals surface area contributed by atoms with Crippen LogP contribution in [0.3, 0.4) is 0 Å². The molecule has 24 heavy (non-hydrogen) atoms. The van der Waals surface area contributed by atoms with Gasteiger partial charge in [0, 0.05) is 30.8 Å². The van der Waals surface area contributed by atoms with Crippen LogP contribution in [0.5, 0.6) is 0 Å². The lowest BCUT2D eigenvalue weighted by atomic mass is 10.1. The minimum absolute atomic E-state index is 0.350. The molecule has 0 aliphatic carbocycles. The van der Waals surface area contributed by atoms with Crippen molar-refractivity contribution in [2.75, 3.05) is 5.32 Å². The summed E-state index contributed by atoms with van der Waals surface area (Å²) in [6.45, 7) is 3.48. The summed E-state index contributed by atoms with van der Waals surface area (Å²) < 4.78 is 3.30. The molecule has 0 fully saturated rings. The summed E-state index contributed by atoms with van der Waals surface area (Å²) in [7, 11) is 1.74. The van der Waals surface area contributed by atoms with Gasteiger partial charge in [-0.3, -0.25) is 14.3 Å². The van der Waals surface area contributed by atoms with Crippen molar-refractivity contribution in [1.29, 1.82) is 0 Å². The van der Waals surface area contributed by atoms with Crippen LogP contribution >= 0.6 is 0 Å². The Kier molecular flexibility index (Phi) is 3.99. The van der Waals surface area contributed by atoms with Gasteiger partial charge < -0.3 is 5.32 Å². The number of carbonyl (C=O) groups is 2. The SMILES string of the molecule is Cc1nn(C)c(C)c1C(=O)C(=O)Nc1ccc(-n2cccn2)cc1. The molecule has 1 N–H and O–H groups in total. The number of nitrogens with one attached hydrogen (secondary N) is 1. The van der Waals surface area contributed by atoms with Crippen LogP contribution < -0.4 is 5.32 Å². The van der Waals surface area contributed by atoms with E-state index in [2.05, 4.69) is 15.5 Å². The molecular weight excluding hydrogens is 306 g/mol. The molecule has 0 radical (unpaired) electrons. The molecule has 0 spiro atoms. The highest BCUT2D eigenvalue weighted by atomic mass is 16.2. The molecule has 2 heterocycles. The minimum atomic E-state index is -0.680. The Balaban J connectivity index is 1.76. The Morgan fingerprint density at radius 1 is 1.12 bits per heavy atom. The van der Waals surface area contributed by atoms with Crippen LogP contribution in [0.15, 0.2) is 42.7 Å². The second-order valence-electron chi connectivity index (χ2n) is 5.45. The largest absolute Gasteiger partial charge is 0.319 e. The number of amides is 1. The Labute approximate surface area is 138 Å². The molecule has 7 nitrogen and oxygen atoms in total. The Morgan fingerprint density at radius 2 is 1.83 bits per heavy atom. The molecule has 3 rings (SSSR count). The third-order valence-corrected chi connectivity index (χ3v) is 3.84. The average molecular weight is 323 g/mol. The number of Topliss-reactive ketones (excluding diaryl/α,β-unsaturated/α-hetero) is 1. The molecule has 0 unspecified atom stereocenters. The first-order chi connectivity index (χ1) is 11.5. The first-order valence-corrected chi connectivity index (χ1v) is 7.43. The van der Waals surface area contributed by atoms with Gasteiger partial charge in [0.1, 0.15) is 0 Å². The number of hydrogen-bond acceptors (Lipinski definition) is 4. The number of rotatable bonds is 4. The van der Waals surface area contributed by atoms with E-state index in [-0.39, 0.29) is 0 Å². The van der Waals surface area contributed by atoms with Crippen molar-refractivity contribution >= 4 is 17.4 Å². The minimum Gasteiger partial charge on any atom is -0.319 e. The zero-order valence-corrected chi connectivity index (χ0v) is 13.6. The number of hydrogen-bond donors (Lipinski definition) is 1. The smallest absolute Gasteiger partial charge is 0.296 e. The van der Waals surface area contributed by atoms with Crippen LogP contribution in [-0.4, -0.2) is 31.3 Å². The van der Waals surface area contributed by atoms with Crippen molar-refractivity contribution in [1.82, 2.24) is 19.6 Å². The van der Waals surface area contributed by atoms with E-state index in [0.717, 1.165) is 5.69 Å². The third kappa shape index (κ3) is 2.83. The summed E-state index contributed by atoms with van der Waals surface area (Å²) in [5, 5.41) is 10.9. The summed E-state index contributed by atoms with van der Waals surface area (Å²) in [6, 6.07) is 8.91. The topological polar surface area (TPSA) is 81.8 Å². The van der Waals surface area contributed by atoms with Gasteiger partial charge in [0.15, 0.2) is 0 Å². The zero-order valence-electron chi connectivity index (χ0n) is 13.6.